The van der Waals surface area contributed by atoms with Gasteiger partial charge < -0.3 is 9.64 Å². The number of hydrogen-bond donors (Lipinski definition) is 1. The molecule has 2 amide bonds. The minimum atomic E-state index is -0.525. The highest BCUT2D eigenvalue weighted by Crippen LogP contribution is 2.29. The van der Waals surface area contributed by atoms with Crippen molar-refractivity contribution in [1.82, 2.24) is 5.32 Å². The summed E-state index contributed by atoms with van der Waals surface area (Å²) < 4.78 is 5.53. The molecule has 0 radical (unpaired) electrons. The first-order valence-corrected chi connectivity index (χ1v) is 10.2. The van der Waals surface area contributed by atoms with Gasteiger partial charge in [0.15, 0.2) is 5.11 Å². The van der Waals surface area contributed by atoms with Crippen LogP contribution in [0.15, 0.2) is 48.0 Å². The van der Waals surface area contributed by atoms with Gasteiger partial charge in [0.1, 0.15) is 11.3 Å². The van der Waals surface area contributed by atoms with Crippen molar-refractivity contribution in [2.75, 3.05) is 30.0 Å². The molecule has 0 aromatic heterocycles. The Bertz CT molecular complexity index is 1010. The van der Waals surface area contributed by atoms with E-state index in [9.17, 15) is 9.59 Å². The van der Waals surface area contributed by atoms with Crippen molar-refractivity contribution in [3.63, 3.8) is 0 Å². The summed E-state index contributed by atoms with van der Waals surface area (Å²) in [6.07, 6.45) is 1.55. The Morgan fingerprint density at radius 1 is 1.10 bits per heavy atom. The van der Waals surface area contributed by atoms with Gasteiger partial charge in [0.05, 0.1) is 12.8 Å². The maximum atomic E-state index is 13.2. The van der Waals surface area contributed by atoms with Gasteiger partial charge in [-0.2, -0.15) is 0 Å². The van der Waals surface area contributed by atoms with E-state index in [0.717, 1.165) is 24.3 Å². The van der Waals surface area contributed by atoms with Crippen LogP contribution in [0.1, 0.15) is 25.0 Å². The number of nitrogens with zero attached hydrogens (tertiary/aromatic N) is 2. The zero-order chi connectivity index (χ0) is 21.8. The monoisotopic (exact) mass is 423 g/mol. The van der Waals surface area contributed by atoms with Crippen molar-refractivity contribution in [1.29, 1.82) is 0 Å². The molecule has 1 N–H and O–H groups in total. The fourth-order valence-corrected chi connectivity index (χ4v) is 3.63. The van der Waals surface area contributed by atoms with Gasteiger partial charge in [0.2, 0.25) is 0 Å². The molecule has 1 fully saturated rings. The molecule has 0 aliphatic carbocycles. The molecule has 1 aliphatic heterocycles. The van der Waals surface area contributed by atoms with Crippen LogP contribution >= 0.6 is 12.2 Å². The molecule has 2 aromatic carbocycles. The highest BCUT2D eigenvalue weighted by Gasteiger charge is 2.34. The zero-order valence-electron chi connectivity index (χ0n) is 17.6. The van der Waals surface area contributed by atoms with Crippen LogP contribution in [0.5, 0.6) is 5.75 Å². The topological polar surface area (TPSA) is 61.9 Å². The first-order chi connectivity index (χ1) is 14.4. The van der Waals surface area contributed by atoms with Crippen LogP contribution in [-0.4, -0.2) is 37.1 Å². The molecule has 1 heterocycles. The van der Waals surface area contributed by atoms with Gasteiger partial charge in [-0.25, -0.2) is 0 Å². The van der Waals surface area contributed by atoms with E-state index in [2.05, 4.69) is 24.1 Å². The van der Waals surface area contributed by atoms with Gasteiger partial charge in [-0.1, -0.05) is 17.7 Å². The molecule has 0 bridgehead atoms. The number of methoxy groups -OCH3 is 1. The Morgan fingerprint density at radius 3 is 2.37 bits per heavy atom. The smallest absolute Gasteiger partial charge is 0.270 e. The average molecular weight is 424 g/mol. The number of hydrogen-bond acceptors (Lipinski definition) is 5. The number of rotatable bonds is 6. The Balaban J connectivity index is 2.01. The lowest BCUT2D eigenvalue weighted by molar-refractivity contribution is -0.122. The summed E-state index contributed by atoms with van der Waals surface area (Å²) in [5, 5.41) is 2.67. The van der Waals surface area contributed by atoms with Gasteiger partial charge in [0.25, 0.3) is 11.8 Å². The lowest BCUT2D eigenvalue weighted by Gasteiger charge is -2.29. The first-order valence-electron chi connectivity index (χ1n) is 9.80. The normalized spacial score (nSPS) is 15.4. The molecule has 0 atom stereocenters. The average Bonchev–Trinajstić information content (AvgIpc) is 2.73. The van der Waals surface area contributed by atoms with Crippen LogP contribution in [0.25, 0.3) is 6.08 Å². The molecule has 0 unspecified atom stereocenters. The van der Waals surface area contributed by atoms with Crippen LogP contribution in [0.2, 0.25) is 0 Å². The number of anilines is 2. The summed E-state index contributed by atoms with van der Waals surface area (Å²) in [5.41, 5.74) is 3.32. The van der Waals surface area contributed by atoms with Crippen molar-refractivity contribution in [3.8, 4) is 5.75 Å². The van der Waals surface area contributed by atoms with Crippen molar-refractivity contribution in [2.45, 2.75) is 20.8 Å². The van der Waals surface area contributed by atoms with Crippen LogP contribution in [0.3, 0.4) is 0 Å². The first kappa shape index (κ1) is 21.5. The number of benzene rings is 2. The third-order valence-corrected chi connectivity index (χ3v) is 5.32. The minimum absolute atomic E-state index is 0.00179. The largest absolute Gasteiger partial charge is 0.496 e. The maximum Gasteiger partial charge on any atom is 0.270 e. The van der Waals surface area contributed by atoms with E-state index >= 15 is 0 Å². The van der Waals surface area contributed by atoms with E-state index < -0.39 is 11.8 Å². The van der Waals surface area contributed by atoms with Crippen molar-refractivity contribution in [3.05, 3.63) is 59.2 Å². The fraction of sp³-hybridized carbons (Fsp3) is 0.261. The highest BCUT2D eigenvalue weighted by molar-refractivity contribution is 7.80. The van der Waals surface area contributed by atoms with Crippen LogP contribution in [-0.2, 0) is 9.59 Å². The second kappa shape index (κ2) is 9.09. The molecule has 30 heavy (non-hydrogen) atoms. The van der Waals surface area contributed by atoms with Gasteiger partial charge in [-0.05, 0) is 63.3 Å². The molecular formula is C23H25N3O3S. The number of aryl methyl sites for hydroxylation is 1. The summed E-state index contributed by atoms with van der Waals surface area (Å²) >= 11 is 5.25. The summed E-state index contributed by atoms with van der Waals surface area (Å²) in [7, 11) is 1.57. The standard InChI is InChI=1S/C23H25N3O3S/c1-5-25(6-2)18-12-9-16(20(14-18)29-4)13-19-21(27)24-23(30)26(22(19)28)17-10-7-15(3)8-11-17/h7-14H,5-6H2,1-4H3,(H,24,27,30)/b19-13+. The van der Waals surface area contributed by atoms with E-state index in [1.54, 1.807) is 25.3 Å². The highest BCUT2D eigenvalue weighted by atomic mass is 32.1. The quantitative estimate of drug-likeness (QED) is 0.436. The minimum Gasteiger partial charge on any atom is -0.496 e. The molecule has 156 valence electrons. The van der Waals surface area contributed by atoms with E-state index in [0.29, 0.717) is 17.0 Å². The number of carbonyl (C=O) groups excluding carboxylic acids is 2. The van der Waals surface area contributed by atoms with Crippen molar-refractivity contribution >= 4 is 46.6 Å². The van der Waals surface area contributed by atoms with Crippen molar-refractivity contribution < 1.29 is 14.3 Å². The van der Waals surface area contributed by atoms with Gasteiger partial charge >= 0.3 is 0 Å². The molecule has 0 spiro atoms. The predicted octanol–water partition coefficient (Wildman–Crippen LogP) is 3.68. The third-order valence-electron chi connectivity index (χ3n) is 5.04. The number of amides is 2. The Morgan fingerprint density at radius 2 is 1.77 bits per heavy atom. The van der Waals surface area contributed by atoms with Crippen LogP contribution in [0.4, 0.5) is 11.4 Å². The number of carbonyl (C=O) groups is 2. The Kier molecular flexibility index (Phi) is 6.52. The van der Waals surface area contributed by atoms with Crippen LogP contribution in [0, 0.1) is 6.92 Å². The van der Waals surface area contributed by atoms with E-state index in [1.807, 2.05) is 37.3 Å². The Hall–Kier alpha value is -3.19. The summed E-state index contributed by atoms with van der Waals surface area (Å²) in [4.78, 5) is 29.2. The molecule has 6 nitrogen and oxygen atoms in total. The van der Waals surface area contributed by atoms with Gasteiger partial charge in [-0.3, -0.25) is 19.8 Å². The maximum absolute atomic E-state index is 13.2. The molecule has 1 saturated heterocycles. The summed E-state index contributed by atoms with van der Waals surface area (Å²) in [6.45, 7) is 7.86. The number of ether oxygens (including phenoxy) is 1. The third kappa shape index (κ3) is 4.21. The van der Waals surface area contributed by atoms with Gasteiger partial charge in [-0.15, -0.1) is 0 Å². The van der Waals surface area contributed by atoms with Crippen LogP contribution < -0.4 is 19.9 Å². The van der Waals surface area contributed by atoms with Gasteiger partial charge in [0, 0.05) is 30.4 Å². The predicted molar refractivity (Wildman–Crippen MR) is 124 cm³/mol. The summed E-state index contributed by atoms with van der Waals surface area (Å²) in [6, 6.07) is 13.1. The SMILES string of the molecule is CCN(CC)c1ccc(/C=C2\C(=O)NC(=S)N(c3ccc(C)cc3)C2=O)c(OC)c1. The number of thiocarbonyl (C=S) groups is 1. The zero-order valence-corrected chi connectivity index (χ0v) is 18.4. The molecular weight excluding hydrogens is 398 g/mol. The molecule has 0 saturated carbocycles. The summed E-state index contributed by atoms with van der Waals surface area (Å²) in [5.74, 6) is -0.409. The molecule has 3 rings (SSSR count). The van der Waals surface area contributed by atoms with Crippen molar-refractivity contribution in [2.24, 2.45) is 0 Å². The lowest BCUT2D eigenvalue weighted by atomic mass is 10.1. The Labute approximate surface area is 182 Å². The lowest BCUT2D eigenvalue weighted by Crippen LogP contribution is -2.54. The van der Waals surface area contributed by atoms with E-state index in [-0.39, 0.29) is 10.7 Å². The molecule has 1 aliphatic rings. The molecule has 7 heteroatoms. The second-order valence-corrected chi connectivity index (χ2v) is 7.28. The second-order valence-electron chi connectivity index (χ2n) is 6.89. The van der Waals surface area contributed by atoms with E-state index in [4.69, 9.17) is 17.0 Å². The van der Waals surface area contributed by atoms with E-state index in [1.165, 1.54) is 4.90 Å². The number of nitrogens with one attached hydrogen (secondary N) is 1. The fourth-order valence-electron chi connectivity index (χ4n) is 3.35. The molecule has 2 aromatic rings.